The van der Waals surface area contributed by atoms with Crippen molar-refractivity contribution < 1.29 is 19.5 Å². The van der Waals surface area contributed by atoms with Crippen molar-refractivity contribution >= 4 is 19.4 Å². The van der Waals surface area contributed by atoms with Gasteiger partial charge in [0.15, 0.2) is 5.34 Å². The SMILES string of the molecule is CCCCCCCCCCCCSCC(C)(O)P(=O)(O)O. The molecule has 0 aromatic heterocycles. The maximum absolute atomic E-state index is 11.0. The third-order valence-electron chi connectivity index (χ3n) is 3.65. The molecule has 0 aliphatic carbocycles. The van der Waals surface area contributed by atoms with Gasteiger partial charge in [-0.3, -0.25) is 4.57 Å². The summed E-state index contributed by atoms with van der Waals surface area (Å²) in [6, 6.07) is 0. The summed E-state index contributed by atoms with van der Waals surface area (Å²) in [5, 5.41) is 7.74. The molecule has 1 unspecified atom stereocenters. The van der Waals surface area contributed by atoms with Crippen molar-refractivity contribution in [3.05, 3.63) is 0 Å². The molecule has 0 saturated carbocycles. The largest absolute Gasteiger partial charge is 0.377 e. The molecule has 0 spiro atoms. The second-order valence-corrected chi connectivity index (χ2v) is 9.15. The molecule has 0 aliphatic heterocycles. The zero-order valence-electron chi connectivity index (χ0n) is 13.6. The molecule has 0 fully saturated rings. The predicted molar refractivity (Wildman–Crippen MR) is 91.8 cm³/mol. The van der Waals surface area contributed by atoms with E-state index in [1.54, 1.807) is 0 Å². The van der Waals surface area contributed by atoms with Crippen LogP contribution >= 0.6 is 19.4 Å². The lowest BCUT2D eigenvalue weighted by molar-refractivity contribution is 0.131. The fourth-order valence-corrected chi connectivity index (χ4v) is 3.93. The highest BCUT2D eigenvalue weighted by Gasteiger charge is 2.39. The van der Waals surface area contributed by atoms with Crippen LogP contribution in [0.15, 0.2) is 0 Å². The molecule has 0 radical (unpaired) electrons. The Morgan fingerprint density at radius 1 is 0.905 bits per heavy atom. The molecule has 0 aliphatic rings. The number of hydrogen-bond acceptors (Lipinski definition) is 3. The molecule has 0 aromatic carbocycles. The Labute approximate surface area is 134 Å². The van der Waals surface area contributed by atoms with Crippen molar-refractivity contribution in [2.24, 2.45) is 0 Å². The van der Waals surface area contributed by atoms with E-state index in [9.17, 15) is 9.67 Å². The minimum absolute atomic E-state index is 0.0920. The number of thioether (sulfide) groups is 1. The summed E-state index contributed by atoms with van der Waals surface area (Å²) in [4.78, 5) is 17.9. The summed E-state index contributed by atoms with van der Waals surface area (Å²) >= 11 is 1.42. The second kappa shape index (κ2) is 12.0. The van der Waals surface area contributed by atoms with Crippen LogP contribution in [-0.4, -0.2) is 31.7 Å². The van der Waals surface area contributed by atoms with Crippen LogP contribution in [0.25, 0.3) is 0 Å². The highest BCUT2D eigenvalue weighted by atomic mass is 32.2. The standard InChI is InChI=1S/C15H33O4PS/c1-3-4-5-6-7-8-9-10-11-12-13-21-14-15(2,16)20(17,18)19/h16H,3-14H2,1-2H3,(H2,17,18,19). The molecule has 128 valence electrons. The Morgan fingerprint density at radius 2 is 1.33 bits per heavy atom. The summed E-state index contributed by atoms with van der Waals surface area (Å²) in [7, 11) is -4.42. The van der Waals surface area contributed by atoms with Gasteiger partial charge < -0.3 is 14.9 Å². The van der Waals surface area contributed by atoms with Gasteiger partial charge in [-0.2, -0.15) is 11.8 Å². The molecule has 0 amide bonds. The van der Waals surface area contributed by atoms with E-state index < -0.39 is 12.9 Å². The van der Waals surface area contributed by atoms with Crippen molar-refractivity contribution in [3.63, 3.8) is 0 Å². The van der Waals surface area contributed by atoms with Crippen LogP contribution < -0.4 is 0 Å². The first-order chi connectivity index (χ1) is 9.81. The summed E-state index contributed by atoms with van der Waals surface area (Å²) in [6.45, 7) is 3.44. The lowest BCUT2D eigenvalue weighted by atomic mass is 10.1. The normalized spacial score (nSPS) is 15.1. The van der Waals surface area contributed by atoms with Gasteiger partial charge in [0.05, 0.1) is 0 Å². The topological polar surface area (TPSA) is 77.8 Å². The van der Waals surface area contributed by atoms with Crippen molar-refractivity contribution in [2.45, 2.75) is 83.4 Å². The second-order valence-electron chi connectivity index (χ2n) is 6.00. The highest BCUT2D eigenvalue weighted by molar-refractivity contribution is 7.99. The molecule has 21 heavy (non-hydrogen) atoms. The first-order valence-electron chi connectivity index (χ1n) is 8.17. The fourth-order valence-electron chi connectivity index (χ4n) is 2.04. The third kappa shape index (κ3) is 11.7. The van der Waals surface area contributed by atoms with Crippen molar-refractivity contribution in [2.75, 3.05) is 11.5 Å². The monoisotopic (exact) mass is 340 g/mol. The number of rotatable bonds is 14. The molecule has 0 heterocycles. The van der Waals surface area contributed by atoms with Crippen LogP contribution in [0, 0.1) is 0 Å². The number of unbranched alkanes of at least 4 members (excludes halogenated alkanes) is 9. The van der Waals surface area contributed by atoms with Gasteiger partial charge in [-0.25, -0.2) is 0 Å². The maximum Gasteiger partial charge on any atom is 0.357 e. The van der Waals surface area contributed by atoms with E-state index in [0.29, 0.717) is 0 Å². The highest BCUT2D eigenvalue weighted by Crippen LogP contribution is 2.49. The molecule has 6 heteroatoms. The first-order valence-corrected chi connectivity index (χ1v) is 10.9. The van der Waals surface area contributed by atoms with Gasteiger partial charge in [0.1, 0.15) is 0 Å². The maximum atomic E-state index is 11.0. The van der Waals surface area contributed by atoms with Crippen molar-refractivity contribution in [1.82, 2.24) is 0 Å². The number of hydrogen-bond donors (Lipinski definition) is 3. The Morgan fingerprint density at radius 3 is 1.76 bits per heavy atom. The van der Waals surface area contributed by atoms with Crippen LogP contribution in [-0.2, 0) is 4.57 Å². The van der Waals surface area contributed by atoms with Gasteiger partial charge in [0.25, 0.3) is 0 Å². The zero-order valence-corrected chi connectivity index (χ0v) is 15.3. The molecular weight excluding hydrogens is 307 g/mol. The lowest BCUT2D eigenvalue weighted by Crippen LogP contribution is -2.27. The fraction of sp³-hybridized carbons (Fsp3) is 1.00. The van der Waals surface area contributed by atoms with E-state index in [-0.39, 0.29) is 5.75 Å². The Kier molecular flexibility index (Phi) is 12.2. The van der Waals surface area contributed by atoms with Crippen LogP contribution in [0.3, 0.4) is 0 Å². The lowest BCUT2D eigenvalue weighted by Gasteiger charge is -2.23. The summed E-state index contributed by atoms with van der Waals surface area (Å²) < 4.78 is 11.0. The smallest absolute Gasteiger partial charge is 0.357 e. The van der Waals surface area contributed by atoms with E-state index >= 15 is 0 Å². The molecule has 3 N–H and O–H groups in total. The van der Waals surface area contributed by atoms with Crippen molar-refractivity contribution in [1.29, 1.82) is 0 Å². The quantitative estimate of drug-likeness (QED) is 0.320. The zero-order chi connectivity index (χ0) is 16.2. The minimum Gasteiger partial charge on any atom is -0.377 e. The van der Waals surface area contributed by atoms with Gasteiger partial charge in [-0.15, -0.1) is 0 Å². The van der Waals surface area contributed by atoms with Gasteiger partial charge in [0, 0.05) is 5.75 Å². The Hall–Kier alpha value is 0.460. The molecule has 1 atom stereocenters. The average Bonchev–Trinajstić information content (AvgIpc) is 2.38. The van der Waals surface area contributed by atoms with Crippen LogP contribution in [0.5, 0.6) is 0 Å². The first kappa shape index (κ1) is 21.5. The van der Waals surface area contributed by atoms with Crippen molar-refractivity contribution in [3.8, 4) is 0 Å². The summed E-state index contributed by atoms with van der Waals surface area (Å²) in [5.74, 6) is 0.946. The van der Waals surface area contributed by atoms with Gasteiger partial charge >= 0.3 is 7.60 Å². The molecular formula is C15H33O4PS. The summed E-state index contributed by atoms with van der Waals surface area (Å²) in [5.41, 5.74) is 0. The summed E-state index contributed by atoms with van der Waals surface area (Å²) in [6.07, 6.45) is 12.8. The van der Waals surface area contributed by atoms with E-state index in [2.05, 4.69) is 6.92 Å². The van der Waals surface area contributed by atoms with Crippen LogP contribution in [0.4, 0.5) is 0 Å². The van der Waals surface area contributed by atoms with E-state index in [1.165, 1.54) is 76.5 Å². The van der Waals surface area contributed by atoms with Gasteiger partial charge in [0.2, 0.25) is 0 Å². The van der Waals surface area contributed by atoms with E-state index in [4.69, 9.17) is 9.79 Å². The average molecular weight is 340 g/mol. The van der Waals surface area contributed by atoms with E-state index in [1.807, 2.05) is 0 Å². The minimum atomic E-state index is -4.42. The van der Waals surface area contributed by atoms with E-state index in [0.717, 1.165) is 12.2 Å². The van der Waals surface area contributed by atoms with Crippen LogP contribution in [0.1, 0.15) is 78.1 Å². The molecule has 0 saturated heterocycles. The Bertz CT molecular complexity index is 291. The third-order valence-corrected chi connectivity index (χ3v) is 6.62. The molecule has 0 rings (SSSR count). The van der Waals surface area contributed by atoms with Gasteiger partial charge in [-0.1, -0.05) is 64.7 Å². The predicted octanol–water partition coefficient (Wildman–Crippen LogP) is 4.53. The van der Waals surface area contributed by atoms with Crippen LogP contribution in [0.2, 0.25) is 0 Å². The molecule has 4 nitrogen and oxygen atoms in total. The van der Waals surface area contributed by atoms with Gasteiger partial charge in [-0.05, 0) is 19.1 Å². The molecule has 0 bridgehead atoms. The molecule has 0 aromatic rings. The number of aliphatic hydroxyl groups is 1. The Balaban J connectivity index is 3.32.